The highest BCUT2D eigenvalue weighted by molar-refractivity contribution is 5.92. The van der Waals surface area contributed by atoms with Crippen molar-refractivity contribution < 1.29 is 19.0 Å². The zero-order valence-corrected chi connectivity index (χ0v) is 19.7. The number of carbonyl (C=O) groups excluding carboxylic acids is 1. The fourth-order valence-electron chi connectivity index (χ4n) is 3.79. The van der Waals surface area contributed by atoms with E-state index < -0.39 is 12.0 Å². The third kappa shape index (κ3) is 5.03. The molecule has 0 saturated carbocycles. The number of nitrogens with one attached hydrogen (secondary N) is 1. The molecule has 1 unspecified atom stereocenters. The second-order valence-corrected chi connectivity index (χ2v) is 7.92. The summed E-state index contributed by atoms with van der Waals surface area (Å²) in [5.74, 6) is 1.26. The Morgan fingerprint density at radius 3 is 2.68 bits per heavy atom. The van der Waals surface area contributed by atoms with E-state index in [0.29, 0.717) is 48.5 Å². The van der Waals surface area contributed by atoms with Gasteiger partial charge in [-0.25, -0.2) is 4.79 Å². The van der Waals surface area contributed by atoms with Crippen LogP contribution in [0.15, 0.2) is 59.8 Å². The number of anilines is 1. The van der Waals surface area contributed by atoms with Crippen molar-refractivity contribution in [1.29, 1.82) is 0 Å². The maximum absolute atomic E-state index is 13.1. The number of allylic oxidation sites excluding steroid dienone is 1. The topological polar surface area (TPSA) is 100 Å². The summed E-state index contributed by atoms with van der Waals surface area (Å²) in [6.07, 6.45) is 1.74. The van der Waals surface area contributed by atoms with Crippen LogP contribution in [0.3, 0.4) is 0 Å². The molecular weight excluding hydrogens is 434 g/mol. The fourth-order valence-corrected chi connectivity index (χ4v) is 3.79. The Morgan fingerprint density at radius 1 is 1.09 bits per heavy atom. The number of fused-ring (bicyclic) bond motifs is 1. The molecule has 1 aromatic heterocycles. The highest BCUT2D eigenvalue weighted by atomic mass is 16.5. The number of ether oxygens (including phenoxy) is 3. The van der Waals surface area contributed by atoms with Crippen molar-refractivity contribution in [3.63, 3.8) is 0 Å². The molecule has 34 heavy (non-hydrogen) atoms. The Morgan fingerprint density at radius 2 is 1.91 bits per heavy atom. The van der Waals surface area contributed by atoms with Crippen molar-refractivity contribution in [3.05, 3.63) is 70.9 Å². The van der Waals surface area contributed by atoms with Gasteiger partial charge in [-0.1, -0.05) is 54.8 Å². The molecule has 0 bridgehead atoms. The van der Waals surface area contributed by atoms with Crippen molar-refractivity contribution in [2.24, 2.45) is 0 Å². The monoisotopic (exact) mass is 463 g/mol. The molecule has 9 heteroatoms. The maximum atomic E-state index is 13.1. The quantitative estimate of drug-likeness (QED) is 0.351. The van der Waals surface area contributed by atoms with Gasteiger partial charge < -0.3 is 19.5 Å². The Bertz CT molecular complexity index is 1160. The van der Waals surface area contributed by atoms with Crippen LogP contribution in [0.5, 0.6) is 11.5 Å². The second-order valence-electron chi connectivity index (χ2n) is 7.92. The van der Waals surface area contributed by atoms with E-state index >= 15 is 0 Å². The van der Waals surface area contributed by atoms with Gasteiger partial charge in [-0.05, 0) is 54.0 Å². The first-order valence-corrected chi connectivity index (χ1v) is 11.5. The Kier molecular flexibility index (Phi) is 7.41. The normalized spacial score (nSPS) is 14.9. The molecule has 1 aliphatic rings. The summed E-state index contributed by atoms with van der Waals surface area (Å²) < 4.78 is 19.1. The summed E-state index contributed by atoms with van der Waals surface area (Å²) in [4.78, 5) is 13.1. The molecule has 2 heterocycles. The molecule has 0 aliphatic carbocycles. The van der Waals surface area contributed by atoms with Gasteiger partial charge in [0.1, 0.15) is 12.6 Å². The summed E-state index contributed by atoms with van der Waals surface area (Å²) in [6.45, 7) is 7.03. The molecule has 1 aliphatic heterocycles. The van der Waals surface area contributed by atoms with Crippen LogP contribution in [0.25, 0.3) is 0 Å². The first-order chi connectivity index (χ1) is 16.6. The zero-order chi connectivity index (χ0) is 23.9. The van der Waals surface area contributed by atoms with Gasteiger partial charge >= 0.3 is 5.97 Å². The van der Waals surface area contributed by atoms with E-state index in [2.05, 4.69) is 20.8 Å². The van der Waals surface area contributed by atoms with Crippen LogP contribution in [-0.4, -0.2) is 39.4 Å². The molecule has 0 spiro atoms. The summed E-state index contributed by atoms with van der Waals surface area (Å²) in [6, 6.07) is 15.0. The Hall–Kier alpha value is -3.88. The van der Waals surface area contributed by atoms with E-state index in [1.54, 1.807) is 4.68 Å². The van der Waals surface area contributed by atoms with Crippen LogP contribution < -0.4 is 14.8 Å². The number of unbranched alkanes of at least 4 members (excludes halogenated alkanes) is 1. The lowest BCUT2D eigenvalue weighted by molar-refractivity contribution is -0.139. The lowest BCUT2D eigenvalue weighted by atomic mass is 9.95. The summed E-state index contributed by atoms with van der Waals surface area (Å²) in [7, 11) is 0. The van der Waals surface area contributed by atoms with Gasteiger partial charge in [0.25, 0.3) is 0 Å². The third-order valence-corrected chi connectivity index (χ3v) is 5.49. The van der Waals surface area contributed by atoms with Crippen LogP contribution in [0, 0.1) is 0 Å². The number of rotatable bonds is 10. The summed E-state index contributed by atoms with van der Waals surface area (Å²) in [5.41, 5.74) is 2.95. The molecule has 1 N–H and O–H groups in total. The zero-order valence-electron chi connectivity index (χ0n) is 19.7. The molecule has 3 aromatic rings. The molecule has 0 fully saturated rings. The first-order valence-electron chi connectivity index (χ1n) is 11.5. The van der Waals surface area contributed by atoms with Crippen LogP contribution in [0.4, 0.5) is 5.95 Å². The molecule has 0 radical (unpaired) electrons. The van der Waals surface area contributed by atoms with E-state index in [1.807, 2.05) is 69.3 Å². The Balaban J connectivity index is 1.67. The summed E-state index contributed by atoms with van der Waals surface area (Å²) >= 11 is 0. The molecule has 9 nitrogen and oxygen atoms in total. The molecular formula is C25H29N5O4. The van der Waals surface area contributed by atoms with Crippen molar-refractivity contribution >= 4 is 11.9 Å². The van der Waals surface area contributed by atoms with E-state index in [1.165, 1.54) is 0 Å². The smallest absolute Gasteiger partial charge is 0.338 e. The number of benzene rings is 2. The molecule has 0 amide bonds. The average molecular weight is 464 g/mol. The van der Waals surface area contributed by atoms with Gasteiger partial charge in [-0.3, -0.25) is 0 Å². The minimum absolute atomic E-state index is 0.359. The SMILES string of the molecule is CCCCOC(=O)C1=C(C)Nc2nnnn2C1c1ccc(OCc2ccccc2)c(OCC)c1. The van der Waals surface area contributed by atoms with Crippen LogP contribution in [0.2, 0.25) is 0 Å². The maximum Gasteiger partial charge on any atom is 0.338 e. The van der Waals surface area contributed by atoms with Crippen LogP contribution in [0.1, 0.15) is 50.8 Å². The van der Waals surface area contributed by atoms with Gasteiger partial charge in [0.15, 0.2) is 11.5 Å². The fraction of sp³-hybridized carbons (Fsp3) is 0.360. The van der Waals surface area contributed by atoms with E-state index in [9.17, 15) is 4.79 Å². The molecule has 2 aromatic carbocycles. The minimum Gasteiger partial charge on any atom is -0.490 e. The number of hydrogen-bond acceptors (Lipinski definition) is 8. The standard InChI is InChI=1S/C25H29N5O4/c1-4-6-14-33-24(31)22-17(3)26-25-27-28-29-30(25)23(22)19-12-13-20(21(15-19)32-5-2)34-16-18-10-8-7-9-11-18/h7-13,15,23H,4-6,14,16H2,1-3H3,(H,26,27,29). The lowest BCUT2D eigenvalue weighted by Gasteiger charge is -2.28. The van der Waals surface area contributed by atoms with Crippen molar-refractivity contribution in [2.75, 3.05) is 18.5 Å². The first kappa shape index (κ1) is 23.3. The van der Waals surface area contributed by atoms with Crippen molar-refractivity contribution in [3.8, 4) is 11.5 Å². The van der Waals surface area contributed by atoms with E-state index in [4.69, 9.17) is 14.2 Å². The van der Waals surface area contributed by atoms with Crippen molar-refractivity contribution in [2.45, 2.75) is 46.3 Å². The molecule has 178 valence electrons. The van der Waals surface area contributed by atoms with Crippen LogP contribution >= 0.6 is 0 Å². The van der Waals surface area contributed by atoms with Gasteiger partial charge in [-0.2, -0.15) is 4.68 Å². The second kappa shape index (κ2) is 10.8. The number of carbonyl (C=O) groups is 1. The number of hydrogen-bond donors (Lipinski definition) is 1. The molecule has 4 rings (SSSR count). The predicted molar refractivity (Wildman–Crippen MR) is 127 cm³/mol. The minimum atomic E-state index is -0.567. The van der Waals surface area contributed by atoms with Gasteiger partial charge in [0.2, 0.25) is 5.95 Å². The van der Waals surface area contributed by atoms with Crippen LogP contribution in [-0.2, 0) is 16.1 Å². The number of nitrogens with zero attached hydrogens (tertiary/aromatic N) is 4. The highest BCUT2D eigenvalue weighted by Gasteiger charge is 2.35. The Labute approximate surface area is 198 Å². The summed E-state index contributed by atoms with van der Waals surface area (Å²) in [5, 5.41) is 15.1. The average Bonchev–Trinajstić information content (AvgIpc) is 3.31. The largest absolute Gasteiger partial charge is 0.490 e. The van der Waals surface area contributed by atoms with E-state index in [-0.39, 0.29) is 0 Å². The molecule has 1 atom stereocenters. The third-order valence-electron chi connectivity index (χ3n) is 5.49. The highest BCUT2D eigenvalue weighted by Crippen LogP contribution is 2.39. The van der Waals surface area contributed by atoms with Gasteiger partial charge in [0.05, 0.1) is 18.8 Å². The predicted octanol–water partition coefficient (Wildman–Crippen LogP) is 4.28. The lowest BCUT2D eigenvalue weighted by Crippen LogP contribution is -2.30. The molecule has 0 saturated heterocycles. The number of aromatic nitrogens is 4. The number of esters is 1. The van der Waals surface area contributed by atoms with E-state index in [0.717, 1.165) is 24.0 Å². The van der Waals surface area contributed by atoms with Gasteiger partial charge in [0, 0.05) is 5.70 Å². The van der Waals surface area contributed by atoms with Crippen molar-refractivity contribution in [1.82, 2.24) is 20.2 Å². The number of tetrazole rings is 1. The van der Waals surface area contributed by atoms with Gasteiger partial charge in [-0.15, -0.1) is 0 Å².